The van der Waals surface area contributed by atoms with Gasteiger partial charge >= 0.3 is 0 Å². The van der Waals surface area contributed by atoms with Gasteiger partial charge in [0.1, 0.15) is 0 Å². The standard InChI is InChI=1S/C14H28N2O/c1-10(2)8-16(9-11(3)4)14(17)12(5)13-6-15-7-13/h10-13,15H,6-9H2,1-5H3. The van der Waals surface area contributed by atoms with Crippen LogP contribution in [0.2, 0.25) is 0 Å². The molecule has 1 unspecified atom stereocenters. The predicted molar refractivity (Wildman–Crippen MR) is 71.8 cm³/mol. The summed E-state index contributed by atoms with van der Waals surface area (Å²) in [5.74, 6) is 2.16. The summed E-state index contributed by atoms with van der Waals surface area (Å²) in [5, 5.41) is 3.25. The lowest BCUT2D eigenvalue weighted by Gasteiger charge is -2.36. The number of hydrogen-bond acceptors (Lipinski definition) is 2. The second-order valence-electron chi connectivity index (χ2n) is 6.24. The number of amides is 1. The zero-order valence-corrected chi connectivity index (χ0v) is 12.0. The van der Waals surface area contributed by atoms with Crippen LogP contribution in [0.15, 0.2) is 0 Å². The maximum atomic E-state index is 12.4. The van der Waals surface area contributed by atoms with Gasteiger partial charge in [0.2, 0.25) is 5.91 Å². The first kappa shape index (κ1) is 14.5. The van der Waals surface area contributed by atoms with Crippen LogP contribution in [0.4, 0.5) is 0 Å². The average molecular weight is 240 g/mol. The van der Waals surface area contributed by atoms with Gasteiger partial charge in [-0.25, -0.2) is 0 Å². The molecule has 0 aliphatic carbocycles. The van der Waals surface area contributed by atoms with E-state index in [-0.39, 0.29) is 5.92 Å². The highest BCUT2D eigenvalue weighted by Crippen LogP contribution is 2.19. The van der Waals surface area contributed by atoms with Gasteiger partial charge in [-0.3, -0.25) is 4.79 Å². The normalized spacial score (nSPS) is 18.3. The van der Waals surface area contributed by atoms with E-state index in [9.17, 15) is 4.79 Å². The van der Waals surface area contributed by atoms with E-state index < -0.39 is 0 Å². The van der Waals surface area contributed by atoms with E-state index in [1.807, 2.05) is 0 Å². The van der Waals surface area contributed by atoms with Crippen LogP contribution < -0.4 is 5.32 Å². The lowest BCUT2D eigenvalue weighted by Crippen LogP contribution is -2.51. The summed E-state index contributed by atoms with van der Waals surface area (Å²) in [6, 6.07) is 0. The molecule has 1 fully saturated rings. The number of carbonyl (C=O) groups is 1. The molecule has 1 aliphatic heterocycles. The molecule has 1 atom stereocenters. The second-order valence-corrected chi connectivity index (χ2v) is 6.24. The molecular formula is C14H28N2O. The van der Waals surface area contributed by atoms with E-state index in [0.29, 0.717) is 23.7 Å². The molecule has 1 heterocycles. The summed E-state index contributed by atoms with van der Waals surface area (Å²) in [6.45, 7) is 14.6. The summed E-state index contributed by atoms with van der Waals surface area (Å²) in [6.07, 6.45) is 0. The Morgan fingerprint density at radius 2 is 1.59 bits per heavy atom. The van der Waals surface area contributed by atoms with Crippen molar-refractivity contribution >= 4 is 5.91 Å². The molecule has 3 nitrogen and oxygen atoms in total. The van der Waals surface area contributed by atoms with Crippen molar-refractivity contribution in [3.63, 3.8) is 0 Å². The van der Waals surface area contributed by atoms with Gasteiger partial charge in [0.05, 0.1) is 0 Å². The van der Waals surface area contributed by atoms with Crippen LogP contribution in [0.3, 0.4) is 0 Å². The number of nitrogens with one attached hydrogen (secondary N) is 1. The molecule has 0 aromatic heterocycles. The van der Waals surface area contributed by atoms with Crippen molar-refractivity contribution < 1.29 is 4.79 Å². The van der Waals surface area contributed by atoms with E-state index in [4.69, 9.17) is 0 Å². The smallest absolute Gasteiger partial charge is 0.225 e. The Labute approximate surface area is 106 Å². The van der Waals surface area contributed by atoms with Crippen LogP contribution in [0, 0.1) is 23.7 Å². The fraction of sp³-hybridized carbons (Fsp3) is 0.929. The largest absolute Gasteiger partial charge is 0.342 e. The van der Waals surface area contributed by atoms with Crippen molar-refractivity contribution in [3.8, 4) is 0 Å². The molecule has 1 saturated heterocycles. The van der Waals surface area contributed by atoms with Gasteiger partial charge in [-0.15, -0.1) is 0 Å². The summed E-state index contributed by atoms with van der Waals surface area (Å²) in [5.41, 5.74) is 0. The van der Waals surface area contributed by atoms with Gasteiger partial charge in [0, 0.05) is 19.0 Å². The second kappa shape index (κ2) is 6.39. The summed E-state index contributed by atoms with van der Waals surface area (Å²) in [7, 11) is 0. The average Bonchev–Trinajstić information content (AvgIpc) is 2.11. The molecule has 0 aromatic rings. The molecule has 0 spiro atoms. The van der Waals surface area contributed by atoms with E-state index >= 15 is 0 Å². The van der Waals surface area contributed by atoms with Crippen LogP contribution in [0.5, 0.6) is 0 Å². The Hall–Kier alpha value is -0.570. The lowest BCUT2D eigenvalue weighted by molar-refractivity contribution is -0.138. The molecule has 17 heavy (non-hydrogen) atoms. The van der Waals surface area contributed by atoms with Crippen LogP contribution in [-0.2, 0) is 4.79 Å². The molecule has 1 aliphatic rings. The minimum Gasteiger partial charge on any atom is -0.342 e. The first-order chi connectivity index (χ1) is 7.91. The quantitative estimate of drug-likeness (QED) is 0.770. The molecule has 1 rings (SSSR count). The number of rotatable bonds is 6. The highest BCUT2D eigenvalue weighted by molar-refractivity contribution is 5.79. The van der Waals surface area contributed by atoms with E-state index in [0.717, 1.165) is 26.2 Å². The van der Waals surface area contributed by atoms with Crippen molar-refractivity contribution in [3.05, 3.63) is 0 Å². The van der Waals surface area contributed by atoms with Crippen LogP contribution in [0.1, 0.15) is 34.6 Å². The predicted octanol–water partition coefficient (Wildman–Crippen LogP) is 1.98. The molecule has 0 aromatic carbocycles. The van der Waals surface area contributed by atoms with Crippen molar-refractivity contribution in [1.82, 2.24) is 10.2 Å². The Morgan fingerprint density at radius 1 is 1.12 bits per heavy atom. The van der Waals surface area contributed by atoms with Crippen LogP contribution in [-0.4, -0.2) is 37.0 Å². The van der Waals surface area contributed by atoms with Crippen molar-refractivity contribution in [2.75, 3.05) is 26.2 Å². The van der Waals surface area contributed by atoms with Crippen molar-refractivity contribution in [2.24, 2.45) is 23.7 Å². The van der Waals surface area contributed by atoms with Gasteiger partial charge in [0.15, 0.2) is 0 Å². The van der Waals surface area contributed by atoms with Crippen molar-refractivity contribution in [1.29, 1.82) is 0 Å². The lowest BCUT2D eigenvalue weighted by atomic mass is 9.87. The highest BCUT2D eigenvalue weighted by atomic mass is 16.2. The van der Waals surface area contributed by atoms with Crippen LogP contribution in [0.25, 0.3) is 0 Å². The molecule has 1 amide bonds. The minimum absolute atomic E-state index is 0.175. The fourth-order valence-electron chi connectivity index (χ4n) is 2.29. The summed E-state index contributed by atoms with van der Waals surface area (Å²) in [4.78, 5) is 14.5. The Kier molecular flexibility index (Phi) is 5.44. The third-order valence-corrected chi connectivity index (χ3v) is 3.39. The summed E-state index contributed by atoms with van der Waals surface area (Å²) < 4.78 is 0. The molecule has 0 bridgehead atoms. The summed E-state index contributed by atoms with van der Waals surface area (Å²) >= 11 is 0. The number of hydrogen-bond donors (Lipinski definition) is 1. The molecule has 100 valence electrons. The minimum atomic E-state index is 0.175. The van der Waals surface area contributed by atoms with E-state index in [2.05, 4.69) is 44.8 Å². The van der Waals surface area contributed by atoms with Gasteiger partial charge in [-0.2, -0.15) is 0 Å². The number of nitrogens with zero attached hydrogens (tertiary/aromatic N) is 1. The van der Waals surface area contributed by atoms with Gasteiger partial charge in [-0.05, 0) is 30.8 Å². The Balaban J connectivity index is 2.56. The zero-order chi connectivity index (χ0) is 13.0. The maximum Gasteiger partial charge on any atom is 0.225 e. The molecule has 0 radical (unpaired) electrons. The molecule has 3 heteroatoms. The van der Waals surface area contributed by atoms with Crippen molar-refractivity contribution in [2.45, 2.75) is 34.6 Å². The maximum absolute atomic E-state index is 12.4. The molecular weight excluding hydrogens is 212 g/mol. The SMILES string of the molecule is CC(C)CN(CC(C)C)C(=O)C(C)C1CNC1. The number of carbonyl (C=O) groups excluding carboxylic acids is 1. The van der Waals surface area contributed by atoms with Gasteiger partial charge in [-0.1, -0.05) is 34.6 Å². The van der Waals surface area contributed by atoms with Gasteiger partial charge in [0.25, 0.3) is 0 Å². The van der Waals surface area contributed by atoms with Gasteiger partial charge < -0.3 is 10.2 Å². The molecule has 0 saturated carbocycles. The Morgan fingerprint density at radius 3 is 1.88 bits per heavy atom. The molecule has 1 N–H and O–H groups in total. The first-order valence-corrected chi connectivity index (χ1v) is 6.91. The third-order valence-electron chi connectivity index (χ3n) is 3.39. The first-order valence-electron chi connectivity index (χ1n) is 6.91. The van der Waals surface area contributed by atoms with E-state index in [1.54, 1.807) is 0 Å². The monoisotopic (exact) mass is 240 g/mol. The Bertz CT molecular complexity index is 237. The van der Waals surface area contributed by atoms with E-state index in [1.165, 1.54) is 0 Å². The zero-order valence-electron chi connectivity index (χ0n) is 12.0. The highest BCUT2D eigenvalue weighted by Gasteiger charge is 2.31. The topological polar surface area (TPSA) is 32.3 Å². The van der Waals surface area contributed by atoms with Crippen LogP contribution >= 0.6 is 0 Å². The fourth-order valence-corrected chi connectivity index (χ4v) is 2.29. The third kappa shape index (κ3) is 4.30.